The van der Waals surface area contributed by atoms with Crippen molar-refractivity contribution in [2.45, 2.75) is 45.2 Å². The number of H-pyrrole nitrogens is 1. The molecule has 1 unspecified atom stereocenters. The molecule has 1 atom stereocenters. The van der Waals surface area contributed by atoms with Gasteiger partial charge in [-0.2, -0.15) is 0 Å². The zero-order valence-corrected chi connectivity index (χ0v) is 13.9. The number of carboxylic acid groups (broad SMARTS) is 1. The molecule has 0 fully saturated rings. The molecule has 2 rings (SSSR count). The van der Waals surface area contributed by atoms with E-state index in [2.05, 4.69) is 9.97 Å². The molecule has 0 bridgehead atoms. The predicted octanol–water partition coefficient (Wildman–Crippen LogP) is 3.40. The van der Waals surface area contributed by atoms with Gasteiger partial charge in [0.25, 0.3) is 0 Å². The topological polar surface area (TPSA) is 95.2 Å². The van der Waals surface area contributed by atoms with E-state index >= 15 is 0 Å². The van der Waals surface area contributed by atoms with Crippen LogP contribution in [0.4, 0.5) is 13.6 Å². The zero-order chi connectivity index (χ0) is 18.1. The van der Waals surface area contributed by atoms with Gasteiger partial charge in [-0.25, -0.2) is 18.6 Å². The van der Waals surface area contributed by atoms with Crippen molar-refractivity contribution in [3.63, 3.8) is 0 Å². The van der Waals surface area contributed by atoms with E-state index in [-0.39, 0.29) is 0 Å². The maximum atomic E-state index is 13.2. The molecule has 0 aliphatic rings. The largest absolute Gasteiger partial charge is 0.465 e. The molecule has 0 saturated heterocycles. The Kier molecular flexibility index (Phi) is 5.08. The Morgan fingerprint density at radius 3 is 2.58 bits per heavy atom. The zero-order valence-electron chi connectivity index (χ0n) is 13.9. The lowest BCUT2D eigenvalue weighted by Gasteiger charge is -2.33. The smallest absolute Gasteiger partial charge is 0.407 e. The molecule has 24 heavy (non-hydrogen) atoms. The number of hydrogen-bond donors (Lipinski definition) is 3. The van der Waals surface area contributed by atoms with Crippen LogP contribution in [0.5, 0.6) is 0 Å². The number of fused-ring (bicyclic) bond motifs is 1. The molecule has 0 spiro atoms. The van der Waals surface area contributed by atoms with Gasteiger partial charge in [-0.05, 0) is 33.6 Å². The number of benzene rings is 1. The fraction of sp³-hybridized carbons (Fsp3) is 0.500. The van der Waals surface area contributed by atoms with Crippen molar-refractivity contribution in [3.05, 3.63) is 29.6 Å². The van der Waals surface area contributed by atoms with Crippen LogP contribution in [0.3, 0.4) is 0 Å². The Morgan fingerprint density at radius 2 is 2.00 bits per heavy atom. The van der Waals surface area contributed by atoms with Gasteiger partial charge < -0.3 is 20.7 Å². The van der Waals surface area contributed by atoms with E-state index in [1.54, 1.807) is 0 Å². The van der Waals surface area contributed by atoms with Crippen molar-refractivity contribution >= 4 is 17.1 Å². The molecule has 1 aromatic heterocycles. The van der Waals surface area contributed by atoms with Gasteiger partial charge in [-0.3, -0.25) is 0 Å². The molecule has 2 aromatic rings. The number of nitrogens with one attached hydrogen (secondary N) is 1. The van der Waals surface area contributed by atoms with Crippen molar-refractivity contribution < 1.29 is 18.7 Å². The minimum Gasteiger partial charge on any atom is -0.465 e. The van der Waals surface area contributed by atoms with Gasteiger partial charge in [0, 0.05) is 24.2 Å². The number of aromatic amines is 1. The van der Waals surface area contributed by atoms with E-state index in [1.165, 1.54) is 4.90 Å². The second-order valence-electron chi connectivity index (χ2n) is 6.76. The maximum absolute atomic E-state index is 13.2. The SMILES string of the molecule is CC(C)(C)N(CCCC(N)c1nc2cc(F)c(F)cc2[nH]1)C(=O)O. The lowest BCUT2D eigenvalue weighted by atomic mass is 10.1. The average molecular weight is 340 g/mol. The van der Waals surface area contributed by atoms with Gasteiger partial charge in [-0.15, -0.1) is 0 Å². The number of halogens is 2. The number of aromatic nitrogens is 2. The molecule has 1 heterocycles. The number of nitrogens with two attached hydrogens (primary N) is 1. The Morgan fingerprint density at radius 1 is 1.38 bits per heavy atom. The first-order chi connectivity index (χ1) is 11.1. The second-order valence-corrected chi connectivity index (χ2v) is 6.76. The Balaban J connectivity index is 2.02. The molecule has 1 amide bonds. The Bertz CT molecular complexity index is 700. The molecule has 132 valence electrons. The lowest BCUT2D eigenvalue weighted by Crippen LogP contribution is -2.45. The molecule has 4 N–H and O–H groups in total. The highest BCUT2D eigenvalue weighted by Crippen LogP contribution is 2.21. The molecular weight excluding hydrogens is 318 g/mol. The van der Waals surface area contributed by atoms with E-state index in [1.807, 2.05) is 20.8 Å². The summed E-state index contributed by atoms with van der Waals surface area (Å²) in [6.07, 6.45) is 0.0561. The van der Waals surface area contributed by atoms with E-state index in [9.17, 15) is 18.7 Å². The Hall–Kier alpha value is -2.22. The summed E-state index contributed by atoms with van der Waals surface area (Å²) in [6.45, 7) is 5.81. The minimum atomic E-state index is -0.981. The van der Waals surface area contributed by atoms with E-state index < -0.39 is 29.3 Å². The van der Waals surface area contributed by atoms with Crippen molar-refractivity contribution in [1.29, 1.82) is 0 Å². The number of rotatable bonds is 5. The van der Waals surface area contributed by atoms with Crippen LogP contribution in [0, 0.1) is 11.6 Å². The summed E-state index contributed by atoms with van der Waals surface area (Å²) in [6, 6.07) is 1.59. The second kappa shape index (κ2) is 6.72. The summed E-state index contributed by atoms with van der Waals surface area (Å²) in [7, 11) is 0. The molecule has 0 aliphatic carbocycles. The maximum Gasteiger partial charge on any atom is 0.407 e. The Labute approximate surface area is 138 Å². The number of imidazole rings is 1. The number of carbonyl (C=O) groups is 1. The van der Waals surface area contributed by atoms with Crippen LogP contribution in [-0.2, 0) is 0 Å². The van der Waals surface area contributed by atoms with Crippen LogP contribution in [-0.4, -0.2) is 38.2 Å². The summed E-state index contributed by atoms with van der Waals surface area (Å²) in [4.78, 5) is 19.7. The highest BCUT2D eigenvalue weighted by Gasteiger charge is 2.25. The third kappa shape index (κ3) is 4.00. The van der Waals surface area contributed by atoms with Gasteiger partial charge >= 0.3 is 6.09 Å². The molecule has 0 aliphatic heterocycles. The van der Waals surface area contributed by atoms with Crippen LogP contribution >= 0.6 is 0 Å². The summed E-state index contributed by atoms with van der Waals surface area (Å²) >= 11 is 0. The summed E-state index contributed by atoms with van der Waals surface area (Å²) in [5, 5.41) is 9.24. The van der Waals surface area contributed by atoms with E-state index in [0.29, 0.717) is 36.2 Å². The highest BCUT2D eigenvalue weighted by molar-refractivity contribution is 5.75. The fourth-order valence-corrected chi connectivity index (χ4v) is 2.52. The molecule has 8 heteroatoms. The molecule has 1 aromatic carbocycles. The normalized spacial score (nSPS) is 13.2. The van der Waals surface area contributed by atoms with Crippen molar-refractivity contribution in [2.75, 3.05) is 6.54 Å². The third-order valence-corrected chi connectivity index (χ3v) is 3.83. The predicted molar refractivity (Wildman–Crippen MR) is 86.7 cm³/mol. The number of hydrogen-bond acceptors (Lipinski definition) is 3. The van der Waals surface area contributed by atoms with Crippen molar-refractivity contribution in [2.24, 2.45) is 5.73 Å². The number of nitrogens with zero attached hydrogens (tertiary/aromatic N) is 2. The first kappa shape index (κ1) is 18.1. The van der Waals surface area contributed by atoms with E-state index in [0.717, 1.165) is 12.1 Å². The van der Waals surface area contributed by atoms with Gasteiger partial charge in [0.15, 0.2) is 11.6 Å². The molecule has 6 nitrogen and oxygen atoms in total. The third-order valence-electron chi connectivity index (χ3n) is 3.83. The first-order valence-corrected chi connectivity index (χ1v) is 7.70. The van der Waals surface area contributed by atoms with Gasteiger partial charge in [0.1, 0.15) is 5.82 Å². The lowest BCUT2D eigenvalue weighted by molar-refractivity contribution is 0.0987. The fourth-order valence-electron chi connectivity index (χ4n) is 2.52. The highest BCUT2D eigenvalue weighted by atomic mass is 19.2. The van der Waals surface area contributed by atoms with Crippen LogP contribution in [0.25, 0.3) is 11.0 Å². The van der Waals surface area contributed by atoms with Crippen LogP contribution < -0.4 is 5.73 Å². The summed E-state index contributed by atoms with van der Waals surface area (Å²) < 4.78 is 26.4. The van der Waals surface area contributed by atoms with Gasteiger partial charge in [-0.1, -0.05) is 0 Å². The van der Waals surface area contributed by atoms with Gasteiger partial charge in [0.2, 0.25) is 0 Å². The monoisotopic (exact) mass is 340 g/mol. The van der Waals surface area contributed by atoms with Crippen molar-refractivity contribution in [3.8, 4) is 0 Å². The first-order valence-electron chi connectivity index (χ1n) is 7.70. The average Bonchev–Trinajstić information content (AvgIpc) is 2.84. The van der Waals surface area contributed by atoms with Crippen LogP contribution in [0.2, 0.25) is 0 Å². The van der Waals surface area contributed by atoms with Crippen LogP contribution in [0.1, 0.15) is 45.5 Å². The van der Waals surface area contributed by atoms with Crippen LogP contribution in [0.15, 0.2) is 12.1 Å². The van der Waals surface area contributed by atoms with Crippen molar-refractivity contribution in [1.82, 2.24) is 14.9 Å². The quantitative estimate of drug-likeness (QED) is 0.777. The molecular formula is C16H22F2N4O2. The number of amides is 1. The molecule has 0 saturated carbocycles. The molecule has 0 radical (unpaired) electrons. The summed E-state index contributed by atoms with van der Waals surface area (Å²) in [5.41, 5.74) is 6.25. The van der Waals surface area contributed by atoms with E-state index in [4.69, 9.17) is 5.73 Å². The van der Waals surface area contributed by atoms with Gasteiger partial charge in [0.05, 0.1) is 17.1 Å². The standard InChI is InChI=1S/C16H22F2N4O2/c1-16(2,3)22(15(23)24)6-4-5-11(19)14-20-12-7-9(17)10(18)8-13(12)21-14/h7-8,11H,4-6,19H2,1-3H3,(H,20,21)(H,23,24). The summed E-state index contributed by atoms with van der Waals surface area (Å²) in [5.74, 6) is -1.49. The minimum absolute atomic E-state index is 0.307.